The lowest BCUT2D eigenvalue weighted by atomic mass is 9.87. The summed E-state index contributed by atoms with van der Waals surface area (Å²) in [6.07, 6.45) is 4.30. The number of benzene rings is 1. The Morgan fingerprint density at radius 1 is 1.28 bits per heavy atom. The van der Waals surface area contributed by atoms with Crippen LogP contribution in [0.3, 0.4) is 0 Å². The minimum Gasteiger partial charge on any atom is -0.506 e. The largest absolute Gasteiger partial charge is 0.506 e. The number of rotatable bonds is 1. The molecule has 3 rings (SSSR count). The first-order valence-corrected chi connectivity index (χ1v) is 6.72. The highest BCUT2D eigenvalue weighted by Gasteiger charge is 2.22. The molecule has 0 amide bonds. The van der Waals surface area contributed by atoms with Crippen LogP contribution in [0.1, 0.15) is 24.0 Å². The summed E-state index contributed by atoms with van der Waals surface area (Å²) in [4.78, 5) is 0. The monoisotopic (exact) mass is 308 g/mol. The van der Waals surface area contributed by atoms with Gasteiger partial charge in [-0.3, -0.25) is 0 Å². The third-order valence-corrected chi connectivity index (χ3v) is 3.96. The van der Waals surface area contributed by atoms with Crippen LogP contribution in [0.25, 0.3) is 11.3 Å². The molecule has 0 aliphatic heterocycles. The molecule has 1 aliphatic carbocycles. The Morgan fingerprint density at radius 3 is 2.78 bits per heavy atom. The van der Waals surface area contributed by atoms with Gasteiger partial charge in [0.05, 0.1) is 10.0 Å². The number of nitrogens with zero attached hydrogens (tertiary/aromatic N) is 1. The van der Waals surface area contributed by atoms with Crippen LogP contribution in [0.2, 0.25) is 0 Å². The van der Waals surface area contributed by atoms with Crippen molar-refractivity contribution in [2.45, 2.75) is 25.7 Å². The number of nitrogens with two attached hydrogens (primary N) is 1. The SMILES string of the molecule is Nc1cc(-c2c(O)c(Br)cc3c2CCCC3)on1. The van der Waals surface area contributed by atoms with Crippen LogP contribution in [-0.2, 0) is 12.8 Å². The van der Waals surface area contributed by atoms with Crippen molar-refractivity contribution in [2.24, 2.45) is 0 Å². The fourth-order valence-corrected chi connectivity index (χ4v) is 3.00. The molecule has 1 aliphatic rings. The van der Waals surface area contributed by atoms with Crippen molar-refractivity contribution in [1.29, 1.82) is 0 Å². The first kappa shape index (κ1) is 11.6. The average Bonchev–Trinajstić information content (AvgIpc) is 2.77. The van der Waals surface area contributed by atoms with Gasteiger partial charge in [-0.2, -0.15) is 0 Å². The van der Waals surface area contributed by atoms with E-state index in [1.165, 1.54) is 12.0 Å². The van der Waals surface area contributed by atoms with Gasteiger partial charge in [-0.15, -0.1) is 0 Å². The first-order chi connectivity index (χ1) is 8.66. The van der Waals surface area contributed by atoms with Gasteiger partial charge in [0.15, 0.2) is 11.6 Å². The molecule has 4 nitrogen and oxygen atoms in total. The molecule has 1 aromatic heterocycles. The maximum atomic E-state index is 10.2. The second-order valence-electron chi connectivity index (χ2n) is 4.54. The summed E-state index contributed by atoms with van der Waals surface area (Å²) in [5.41, 5.74) is 8.72. The van der Waals surface area contributed by atoms with Crippen molar-refractivity contribution < 1.29 is 9.63 Å². The van der Waals surface area contributed by atoms with Gasteiger partial charge in [0, 0.05) is 6.07 Å². The molecule has 0 saturated carbocycles. The Balaban J connectivity index is 2.26. The second kappa shape index (κ2) is 4.31. The highest BCUT2D eigenvalue weighted by molar-refractivity contribution is 9.10. The van der Waals surface area contributed by atoms with Crippen LogP contribution in [-0.4, -0.2) is 10.3 Å². The summed E-state index contributed by atoms with van der Waals surface area (Å²) < 4.78 is 5.88. The summed E-state index contributed by atoms with van der Waals surface area (Å²) in [5, 5.41) is 13.9. The lowest BCUT2D eigenvalue weighted by Crippen LogP contribution is -2.05. The molecular weight excluding hydrogens is 296 g/mol. The number of nitrogen functional groups attached to an aromatic ring is 1. The molecule has 0 spiro atoms. The van der Waals surface area contributed by atoms with Gasteiger partial charge in [-0.25, -0.2) is 0 Å². The van der Waals surface area contributed by atoms with Gasteiger partial charge in [-0.1, -0.05) is 5.16 Å². The van der Waals surface area contributed by atoms with Crippen LogP contribution < -0.4 is 5.73 Å². The lowest BCUT2D eigenvalue weighted by Gasteiger charge is -2.20. The normalized spacial score (nSPS) is 14.5. The van der Waals surface area contributed by atoms with E-state index in [0.29, 0.717) is 16.1 Å². The van der Waals surface area contributed by atoms with Crippen molar-refractivity contribution in [1.82, 2.24) is 5.16 Å². The highest BCUT2D eigenvalue weighted by Crippen LogP contribution is 2.43. The number of fused-ring (bicyclic) bond motifs is 1. The Morgan fingerprint density at radius 2 is 2.06 bits per heavy atom. The van der Waals surface area contributed by atoms with Crippen LogP contribution in [0.4, 0.5) is 5.82 Å². The number of aromatic hydroxyl groups is 1. The van der Waals surface area contributed by atoms with Gasteiger partial charge < -0.3 is 15.4 Å². The zero-order valence-electron chi connectivity index (χ0n) is 9.74. The maximum Gasteiger partial charge on any atom is 0.173 e. The molecule has 0 saturated heterocycles. The van der Waals surface area contributed by atoms with Crippen molar-refractivity contribution in [2.75, 3.05) is 5.73 Å². The van der Waals surface area contributed by atoms with Crippen LogP contribution in [0.5, 0.6) is 5.75 Å². The first-order valence-electron chi connectivity index (χ1n) is 5.92. The van der Waals surface area contributed by atoms with E-state index in [-0.39, 0.29) is 5.75 Å². The molecule has 0 bridgehead atoms. The molecule has 2 aromatic rings. The molecule has 0 atom stereocenters. The van der Waals surface area contributed by atoms with Crippen molar-refractivity contribution in [3.63, 3.8) is 0 Å². The quantitative estimate of drug-likeness (QED) is 0.848. The number of aryl methyl sites for hydroxylation is 1. The van der Waals surface area contributed by atoms with Gasteiger partial charge in [0.2, 0.25) is 0 Å². The molecule has 0 radical (unpaired) electrons. The summed E-state index contributed by atoms with van der Waals surface area (Å²) >= 11 is 3.39. The van der Waals surface area contributed by atoms with E-state index in [2.05, 4.69) is 21.1 Å². The fraction of sp³-hybridized carbons (Fsp3) is 0.308. The molecule has 94 valence electrons. The number of anilines is 1. The Hall–Kier alpha value is -1.49. The van der Waals surface area contributed by atoms with Gasteiger partial charge in [0.25, 0.3) is 0 Å². The Bertz CT molecular complexity index is 607. The minimum atomic E-state index is 0.201. The van der Waals surface area contributed by atoms with E-state index in [9.17, 15) is 5.11 Å². The number of hydrogen-bond acceptors (Lipinski definition) is 4. The van der Waals surface area contributed by atoms with E-state index in [4.69, 9.17) is 10.3 Å². The van der Waals surface area contributed by atoms with E-state index >= 15 is 0 Å². The van der Waals surface area contributed by atoms with Crippen LogP contribution in [0, 0.1) is 0 Å². The number of aromatic nitrogens is 1. The van der Waals surface area contributed by atoms with Gasteiger partial charge >= 0.3 is 0 Å². The van der Waals surface area contributed by atoms with Crippen LogP contribution >= 0.6 is 15.9 Å². The van der Waals surface area contributed by atoms with Crippen molar-refractivity contribution in [3.8, 4) is 17.1 Å². The zero-order chi connectivity index (χ0) is 12.7. The molecule has 18 heavy (non-hydrogen) atoms. The third kappa shape index (κ3) is 1.79. The number of halogens is 1. The predicted octanol–water partition coefficient (Wildman–Crippen LogP) is 3.27. The molecule has 3 N–H and O–H groups in total. The minimum absolute atomic E-state index is 0.201. The molecule has 1 aromatic carbocycles. The zero-order valence-corrected chi connectivity index (χ0v) is 11.3. The topological polar surface area (TPSA) is 72.3 Å². The summed E-state index contributed by atoms with van der Waals surface area (Å²) in [6, 6.07) is 3.64. The Labute approximate surface area is 113 Å². The van der Waals surface area contributed by atoms with Crippen molar-refractivity contribution in [3.05, 3.63) is 27.7 Å². The fourth-order valence-electron chi connectivity index (χ4n) is 2.53. The Kier molecular flexibility index (Phi) is 2.78. The smallest absolute Gasteiger partial charge is 0.173 e. The number of phenolic OH excluding ortho intramolecular Hbond substituents is 1. The maximum absolute atomic E-state index is 10.2. The predicted molar refractivity (Wildman–Crippen MR) is 72.4 cm³/mol. The molecule has 0 fully saturated rings. The number of phenols is 1. The van der Waals surface area contributed by atoms with E-state index in [0.717, 1.165) is 30.4 Å². The standard InChI is InChI=1S/C13H13BrN2O2/c14-9-5-7-3-1-2-4-8(7)12(13(9)17)10-6-11(15)16-18-10/h5-6,17H,1-4H2,(H2,15,16). The number of hydrogen-bond donors (Lipinski definition) is 2. The molecule has 1 heterocycles. The molecule has 5 heteroatoms. The van der Waals surface area contributed by atoms with Gasteiger partial charge in [-0.05, 0) is 58.8 Å². The van der Waals surface area contributed by atoms with E-state index < -0.39 is 0 Å². The van der Waals surface area contributed by atoms with Crippen LogP contribution in [0.15, 0.2) is 21.1 Å². The summed E-state index contributed by atoms with van der Waals surface area (Å²) in [7, 11) is 0. The summed E-state index contributed by atoms with van der Waals surface area (Å²) in [6.45, 7) is 0. The average molecular weight is 309 g/mol. The molecule has 0 unspecified atom stereocenters. The van der Waals surface area contributed by atoms with Gasteiger partial charge in [0.1, 0.15) is 5.75 Å². The highest BCUT2D eigenvalue weighted by atomic mass is 79.9. The van der Waals surface area contributed by atoms with E-state index in [1.807, 2.05) is 6.07 Å². The third-order valence-electron chi connectivity index (χ3n) is 3.35. The van der Waals surface area contributed by atoms with E-state index in [1.54, 1.807) is 6.07 Å². The van der Waals surface area contributed by atoms with Crippen molar-refractivity contribution >= 4 is 21.7 Å². The molecular formula is C13H13BrN2O2. The lowest BCUT2D eigenvalue weighted by molar-refractivity contribution is 0.427. The second-order valence-corrected chi connectivity index (χ2v) is 5.40. The summed E-state index contributed by atoms with van der Waals surface area (Å²) in [5.74, 6) is 1.06.